The van der Waals surface area contributed by atoms with Crippen molar-refractivity contribution in [2.75, 3.05) is 47.1 Å². The highest BCUT2D eigenvalue weighted by molar-refractivity contribution is 5.84. The van der Waals surface area contributed by atoms with Crippen LogP contribution >= 0.6 is 0 Å². The van der Waals surface area contributed by atoms with Gasteiger partial charge in [-0.05, 0) is 32.9 Å². The van der Waals surface area contributed by atoms with Gasteiger partial charge >= 0.3 is 6.03 Å². The average molecular weight is 383 g/mol. The summed E-state index contributed by atoms with van der Waals surface area (Å²) in [6.07, 6.45) is 1.94. The van der Waals surface area contributed by atoms with Crippen LogP contribution in [0.4, 0.5) is 4.79 Å². The number of nitrogens with zero attached hydrogens (tertiary/aromatic N) is 3. The minimum Gasteiger partial charge on any atom is -0.383 e. The number of hydrogen-bond acceptors (Lipinski definition) is 4. The predicted molar refractivity (Wildman–Crippen MR) is 104 cm³/mol. The zero-order valence-corrected chi connectivity index (χ0v) is 17.4. The van der Waals surface area contributed by atoms with Crippen LogP contribution in [0.5, 0.6) is 0 Å². The zero-order chi connectivity index (χ0) is 20.4. The molecular formula is C19H34N4O4. The fourth-order valence-corrected chi connectivity index (χ4v) is 2.47. The van der Waals surface area contributed by atoms with E-state index >= 15 is 0 Å². The number of hydrogen-bond donors (Lipinski definition) is 1. The number of urea groups is 1. The van der Waals surface area contributed by atoms with Crippen LogP contribution in [0.3, 0.4) is 0 Å². The van der Waals surface area contributed by atoms with Crippen molar-refractivity contribution in [2.45, 2.75) is 32.9 Å². The molecule has 0 aliphatic heterocycles. The van der Waals surface area contributed by atoms with E-state index in [2.05, 4.69) is 5.32 Å². The first-order chi connectivity index (χ1) is 12.7. The lowest BCUT2D eigenvalue weighted by molar-refractivity contribution is -0.133. The Bertz CT molecular complexity index is 595. The van der Waals surface area contributed by atoms with Gasteiger partial charge in [0.15, 0.2) is 0 Å². The Kier molecular flexibility index (Phi) is 9.31. The van der Waals surface area contributed by atoms with Crippen LogP contribution in [-0.2, 0) is 27.9 Å². The second-order valence-corrected chi connectivity index (χ2v) is 7.51. The molecule has 1 heterocycles. The number of nitrogens with one attached hydrogen (secondary N) is 1. The molecule has 1 aromatic heterocycles. The molecule has 0 atom stereocenters. The summed E-state index contributed by atoms with van der Waals surface area (Å²) in [6, 6.07) is 3.64. The molecule has 0 aromatic carbocycles. The van der Waals surface area contributed by atoms with Crippen LogP contribution in [0.15, 0.2) is 18.3 Å². The Balaban J connectivity index is 2.85. The largest absolute Gasteiger partial charge is 0.383 e. The Labute approximate surface area is 162 Å². The highest BCUT2D eigenvalue weighted by atomic mass is 16.5. The number of aryl methyl sites for hydroxylation is 1. The van der Waals surface area contributed by atoms with Gasteiger partial charge in [0.25, 0.3) is 0 Å². The van der Waals surface area contributed by atoms with Crippen molar-refractivity contribution in [1.82, 2.24) is 19.7 Å². The number of amides is 3. The average Bonchev–Trinajstić information content (AvgIpc) is 2.98. The molecule has 3 amide bonds. The molecule has 1 N–H and O–H groups in total. The van der Waals surface area contributed by atoms with Gasteiger partial charge in [-0.2, -0.15) is 0 Å². The van der Waals surface area contributed by atoms with E-state index in [-0.39, 0.29) is 24.0 Å². The summed E-state index contributed by atoms with van der Waals surface area (Å²) in [7, 11) is 5.12. The Morgan fingerprint density at radius 2 is 1.70 bits per heavy atom. The van der Waals surface area contributed by atoms with E-state index in [0.717, 1.165) is 5.69 Å². The standard InChI is InChI=1S/C19H34N4O4/c1-19(2,3)20-18(25)23(11-13-27-6)15-17(24)22(10-12-26-5)14-16-8-7-9-21(16)4/h7-9H,10-15H2,1-6H3,(H,20,25). The fourth-order valence-electron chi connectivity index (χ4n) is 2.47. The molecule has 0 bridgehead atoms. The molecule has 8 heteroatoms. The van der Waals surface area contributed by atoms with E-state index in [1.807, 2.05) is 50.7 Å². The highest BCUT2D eigenvalue weighted by Crippen LogP contribution is 2.07. The Morgan fingerprint density at radius 1 is 1.11 bits per heavy atom. The second kappa shape index (κ2) is 10.9. The van der Waals surface area contributed by atoms with Gasteiger partial charge in [0.1, 0.15) is 6.54 Å². The summed E-state index contributed by atoms with van der Waals surface area (Å²) in [4.78, 5) is 28.7. The SMILES string of the molecule is COCCN(Cc1cccn1C)C(=O)CN(CCOC)C(=O)NC(C)(C)C. The van der Waals surface area contributed by atoms with E-state index in [0.29, 0.717) is 32.8 Å². The third-order valence-corrected chi connectivity index (χ3v) is 3.98. The van der Waals surface area contributed by atoms with Crippen LogP contribution in [0.25, 0.3) is 0 Å². The molecule has 0 radical (unpaired) electrons. The second-order valence-electron chi connectivity index (χ2n) is 7.51. The first-order valence-electron chi connectivity index (χ1n) is 9.11. The first kappa shape index (κ1) is 23.0. The van der Waals surface area contributed by atoms with Gasteiger partial charge in [-0.1, -0.05) is 0 Å². The molecule has 0 unspecified atom stereocenters. The summed E-state index contributed by atoms with van der Waals surface area (Å²) >= 11 is 0. The first-order valence-corrected chi connectivity index (χ1v) is 9.11. The molecule has 27 heavy (non-hydrogen) atoms. The van der Waals surface area contributed by atoms with Crippen molar-refractivity contribution in [1.29, 1.82) is 0 Å². The van der Waals surface area contributed by atoms with Crippen LogP contribution < -0.4 is 5.32 Å². The van der Waals surface area contributed by atoms with Crippen LogP contribution in [-0.4, -0.2) is 78.9 Å². The number of methoxy groups -OCH3 is 2. The molecule has 0 saturated carbocycles. The number of rotatable bonds is 10. The lowest BCUT2D eigenvalue weighted by atomic mass is 10.1. The van der Waals surface area contributed by atoms with Gasteiger partial charge in [0.05, 0.1) is 19.8 Å². The van der Waals surface area contributed by atoms with Crippen molar-refractivity contribution < 1.29 is 19.1 Å². The third kappa shape index (κ3) is 8.45. The Hall–Kier alpha value is -2.06. The fraction of sp³-hybridized carbons (Fsp3) is 0.684. The molecular weight excluding hydrogens is 348 g/mol. The molecule has 8 nitrogen and oxygen atoms in total. The van der Waals surface area contributed by atoms with Crippen molar-refractivity contribution in [2.24, 2.45) is 7.05 Å². The van der Waals surface area contributed by atoms with Crippen LogP contribution in [0.2, 0.25) is 0 Å². The summed E-state index contributed by atoms with van der Waals surface area (Å²) in [5.41, 5.74) is 0.631. The van der Waals surface area contributed by atoms with Crippen molar-refractivity contribution in [3.63, 3.8) is 0 Å². The third-order valence-electron chi connectivity index (χ3n) is 3.98. The number of carbonyl (C=O) groups is 2. The van der Waals surface area contributed by atoms with Gasteiger partial charge < -0.3 is 29.2 Å². The smallest absolute Gasteiger partial charge is 0.318 e. The molecule has 0 fully saturated rings. The highest BCUT2D eigenvalue weighted by Gasteiger charge is 2.24. The monoisotopic (exact) mass is 382 g/mol. The molecule has 1 rings (SSSR count). The zero-order valence-electron chi connectivity index (χ0n) is 17.4. The lowest BCUT2D eigenvalue weighted by Crippen LogP contribution is -2.52. The number of carbonyl (C=O) groups excluding carboxylic acids is 2. The van der Waals surface area contributed by atoms with Crippen molar-refractivity contribution >= 4 is 11.9 Å². The maximum Gasteiger partial charge on any atom is 0.318 e. The van der Waals surface area contributed by atoms with E-state index in [1.54, 1.807) is 19.1 Å². The molecule has 154 valence electrons. The summed E-state index contributed by atoms with van der Waals surface area (Å²) in [5, 5.41) is 2.90. The summed E-state index contributed by atoms with van der Waals surface area (Å²) in [6.45, 7) is 7.75. The van der Waals surface area contributed by atoms with Crippen LogP contribution in [0.1, 0.15) is 26.5 Å². The summed E-state index contributed by atoms with van der Waals surface area (Å²) < 4.78 is 12.2. The van der Waals surface area contributed by atoms with E-state index in [4.69, 9.17) is 9.47 Å². The Morgan fingerprint density at radius 3 is 2.19 bits per heavy atom. The number of aromatic nitrogens is 1. The minimum atomic E-state index is -0.385. The van der Waals surface area contributed by atoms with Gasteiger partial charge in [0.2, 0.25) is 5.91 Å². The normalized spacial score (nSPS) is 11.3. The molecule has 0 saturated heterocycles. The molecule has 0 aliphatic rings. The van der Waals surface area contributed by atoms with Gasteiger partial charge in [-0.25, -0.2) is 4.79 Å². The topological polar surface area (TPSA) is 76.0 Å². The van der Waals surface area contributed by atoms with Gasteiger partial charge in [-0.3, -0.25) is 4.79 Å². The summed E-state index contributed by atoms with van der Waals surface area (Å²) in [5.74, 6) is -0.131. The van der Waals surface area contributed by atoms with Crippen molar-refractivity contribution in [3.05, 3.63) is 24.0 Å². The quantitative estimate of drug-likeness (QED) is 0.665. The maximum absolute atomic E-state index is 12.9. The lowest BCUT2D eigenvalue weighted by Gasteiger charge is -2.30. The molecule has 1 aromatic rings. The maximum atomic E-state index is 12.9. The van der Waals surface area contributed by atoms with E-state index in [1.165, 1.54) is 4.90 Å². The van der Waals surface area contributed by atoms with E-state index in [9.17, 15) is 9.59 Å². The predicted octanol–water partition coefficient (Wildman–Crippen LogP) is 1.46. The van der Waals surface area contributed by atoms with Gasteiger partial charge in [0, 0.05) is 51.8 Å². The van der Waals surface area contributed by atoms with Gasteiger partial charge in [-0.15, -0.1) is 0 Å². The van der Waals surface area contributed by atoms with Crippen molar-refractivity contribution in [3.8, 4) is 0 Å². The van der Waals surface area contributed by atoms with E-state index < -0.39 is 0 Å². The molecule has 0 aliphatic carbocycles. The number of ether oxygens (including phenoxy) is 2. The van der Waals surface area contributed by atoms with Crippen LogP contribution in [0, 0.1) is 0 Å². The minimum absolute atomic E-state index is 0.0145. The molecule has 0 spiro atoms.